The lowest BCUT2D eigenvalue weighted by Crippen LogP contribution is -2.60. The van der Waals surface area contributed by atoms with Gasteiger partial charge in [-0.15, -0.1) is 0 Å². The molecule has 2 saturated heterocycles. The SMILES string of the molecule is CCCCCCc1c2nc(c(-c3cccc(O[C@@H]4OC(CO)[C@@H](O)[C@H](O)C4O)c3)c3ccc([nH]3)c(CCCCCC)c3nc(c(-c4cccc(OC5O[C@H](CO)C(O)[C@@H](O)[C@H]5O)c4)c4ccc1[nH]4)C=C3)C=C2. The third-order valence-electron chi connectivity index (χ3n) is 14.0. The lowest BCUT2D eigenvalue weighted by atomic mass is 9.99. The first-order valence-electron chi connectivity index (χ1n) is 25.3. The predicted octanol–water partition coefficient (Wildman–Crippen LogP) is 6.59. The van der Waals surface area contributed by atoms with Crippen LogP contribution in [0, 0.1) is 0 Å². The molecule has 0 aliphatic carbocycles. The van der Waals surface area contributed by atoms with Crippen molar-refractivity contribution >= 4 is 46.4 Å². The van der Waals surface area contributed by atoms with E-state index < -0.39 is 74.6 Å². The summed E-state index contributed by atoms with van der Waals surface area (Å²) in [6, 6.07) is 22.9. The number of ether oxygens (including phenoxy) is 4. The van der Waals surface area contributed by atoms with Gasteiger partial charge in [0.25, 0.3) is 0 Å². The van der Waals surface area contributed by atoms with E-state index in [0.29, 0.717) is 22.9 Å². The number of aromatic nitrogens is 4. The molecule has 10 atom stereocenters. The monoisotopic (exact) mass is 986 g/mol. The fraction of sp³-hybridized carbons (Fsp3) is 0.429. The summed E-state index contributed by atoms with van der Waals surface area (Å²) in [4.78, 5) is 18.3. The van der Waals surface area contributed by atoms with Crippen molar-refractivity contribution in [2.45, 2.75) is 139 Å². The van der Waals surface area contributed by atoms with Gasteiger partial charge >= 0.3 is 0 Å². The summed E-state index contributed by atoms with van der Waals surface area (Å²) in [6.07, 6.45) is 3.54. The smallest absolute Gasteiger partial charge is 0.229 e. The Bertz CT molecular complexity index is 2720. The van der Waals surface area contributed by atoms with Crippen molar-refractivity contribution in [3.8, 4) is 33.8 Å². The van der Waals surface area contributed by atoms with Crippen molar-refractivity contribution < 1.29 is 59.8 Å². The van der Waals surface area contributed by atoms with E-state index in [0.717, 1.165) is 131 Å². The molecule has 8 bridgehead atoms. The van der Waals surface area contributed by atoms with Crippen molar-refractivity contribution in [1.29, 1.82) is 0 Å². The largest absolute Gasteiger partial charge is 0.462 e. The number of hydrogen-bond donors (Lipinski definition) is 10. The van der Waals surface area contributed by atoms with Gasteiger partial charge < -0.3 is 69.8 Å². The Morgan fingerprint density at radius 3 is 1.28 bits per heavy atom. The molecule has 2 fully saturated rings. The van der Waals surface area contributed by atoms with Gasteiger partial charge in [-0.3, -0.25) is 0 Å². The first kappa shape index (κ1) is 51.2. The Kier molecular flexibility index (Phi) is 16.3. The Balaban J connectivity index is 1.23. The molecule has 10 N–H and O–H groups in total. The highest BCUT2D eigenvalue weighted by molar-refractivity contribution is 5.94. The maximum atomic E-state index is 10.8. The number of unbranched alkanes of at least 4 members (excludes halogenated alkanes) is 6. The zero-order chi connectivity index (χ0) is 50.5. The van der Waals surface area contributed by atoms with E-state index in [1.807, 2.05) is 72.8 Å². The third kappa shape index (κ3) is 10.8. The normalized spacial score (nSPS) is 25.0. The quantitative estimate of drug-likeness (QED) is 0.0407. The number of aliphatic hydroxyl groups is 8. The van der Waals surface area contributed by atoms with E-state index in [9.17, 15) is 40.9 Å². The van der Waals surface area contributed by atoms with E-state index in [2.05, 4.69) is 35.9 Å². The summed E-state index contributed by atoms with van der Waals surface area (Å²) in [5.74, 6) is 0.652. The molecule has 72 heavy (non-hydrogen) atoms. The van der Waals surface area contributed by atoms with Crippen LogP contribution >= 0.6 is 0 Å². The molecule has 382 valence electrons. The molecule has 4 aliphatic heterocycles. The standard InChI is InChI=1S/C56H66N4O12/c1-3-5-7-9-17-35-37-19-23-41(57-37)47(31-13-11-15-33(27-31)69-55-53(67)51(65)49(63)45(29-61)71-55)43-25-21-39(59-43)36(18-10-8-6-4-2)40-22-26-44(60-40)48(42-24-20-38(35)58-42)32-14-12-16-34(28-32)70-56-54(68)52(66)50(64)46(30-62)72-56/h11-16,19-28,45-46,49-57,60-68H,3-10,17-18,29-30H2,1-2H3/t45-,46?,49?,50-,51-,52+,53-,54?,55?,56-/m1/s1. The molecule has 0 radical (unpaired) electrons. The molecule has 16 nitrogen and oxygen atoms in total. The molecular weight excluding hydrogens is 921 g/mol. The van der Waals surface area contributed by atoms with Crippen molar-refractivity contribution in [3.05, 3.63) is 107 Å². The summed E-state index contributed by atoms with van der Waals surface area (Å²) in [6.45, 7) is 3.21. The maximum Gasteiger partial charge on any atom is 0.229 e. The minimum absolute atomic E-state index is 0.326. The van der Waals surface area contributed by atoms with Crippen LogP contribution in [0.15, 0.2) is 72.8 Å². The summed E-state index contributed by atoms with van der Waals surface area (Å²) in [7, 11) is 0. The second-order valence-corrected chi connectivity index (χ2v) is 19.0. The Morgan fingerprint density at radius 1 is 0.472 bits per heavy atom. The zero-order valence-corrected chi connectivity index (χ0v) is 40.6. The first-order chi connectivity index (χ1) is 35.0. The lowest BCUT2D eigenvalue weighted by Gasteiger charge is -2.39. The summed E-state index contributed by atoms with van der Waals surface area (Å²) >= 11 is 0. The van der Waals surface area contributed by atoms with Crippen molar-refractivity contribution in [2.24, 2.45) is 0 Å². The van der Waals surface area contributed by atoms with Gasteiger partial charge in [0.1, 0.15) is 60.3 Å². The lowest BCUT2D eigenvalue weighted by molar-refractivity contribution is -0.277. The molecule has 16 heteroatoms. The number of nitrogens with zero attached hydrogens (tertiary/aromatic N) is 2. The summed E-state index contributed by atoms with van der Waals surface area (Å²) < 4.78 is 23.7. The topological polar surface area (TPSA) is 256 Å². The van der Waals surface area contributed by atoms with Gasteiger partial charge in [-0.2, -0.15) is 0 Å². The van der Waals surface area contributed by atoms with Gasteiger partial charge in [0, 0.05) is 44.3 Å². The molecular formula is C56H66N4O12. The Labute approximate surface area is 417 Å². The number of rotatable bonds is 18. The average molecular weight is 987 g/mol. The van der Waals surface area contributed by atoms with Gasteiger partial charge in [-0.1, -0.05) is 76.6 Å². The van der Waals surface area contributed by atoms with Gasteiger partial charge in [0.2, 0.25) is 12.6 Å². The Morgan fingerprint density at radius 2 is 0.875 bits per heavy atom. The molecule has 0 saturated carbocycles. The molecule has 4 unspecified atom stereocenters. The summed E-state index contributed by atoms with van der Waals surface area (Å²) in [5, 5.41) is 83.2. The summed E-state index contributed by atoms with van der Waals surface area (Å²) in [5.41, 5.74) is 11.5. The molecule has 7 heterocycles. The van der Waals surface area contributed by atoms with Crippen LogP contribution in [0.5, 0.6) is 11.5 Å². The van der Waals surface area contributed by atoms with Crippen LogP contribution in [0.2, 0.25) is 0 Å². The molecule has 0 amide bonds. The number of aryl methyl sites for hydroxylation is 2. The van der Waals surface area contributed by atoms with Crippen LogP contribution in [0.4, 0.5) is 0 Å². The fourth-order valence-electron chi connectivity index (χ4n) is 9.96. The molecule has 2 aromatic carbocycles. The zero-order valence-electron chi connectivity index (χ0n) is 40.6. The van der Waals surface area contributed by atoms with E-state index in [4.69, 9.17) is 28.9 Å². The number of aromatic amines is 2. The van der Waals surface area contributed by atoms with Crippen LogP contribution in [0.3, 0.4) is 0 Å². The number of fused-ring (bicyclic) bond motifs is 8. The number of hydrogen-bond acceptors (Lipinski definition) is 14. The van der Waals surface area contributed by atoms with Gasteiger partial charge in [-0.05, 0) is 110 Å². The van der Waals surface area contributed by atoms with Gasteiger partial charge in [-0.25, -0.2) is 9.97 Å². The first-order valence-corrected chi connectivity index (χ1v) is 25.3. The number of benzene rings is 2. The second-order valence-electron chi connectivity index (χ2n) is 19.0. The van der Waals surface area contributed by atoms with E-state index >= 15 is 0 Å². The van der Waals surface area contributed by atoms with Crippen molar-refractivity contribution in [3.63, 3.8) is 0 Å². The van der Waals surface area contributed by atoms with Crippen molar-refractivity contribution in [1.82, 2.24) is 19.9 Å². The average Bonchev–Trinajstić information content (AvgIpc) is 4.25. The molecule has 5 aromatic rings. The highest BCUT2D eigenvalue weighted by Gasteiger charge is 2.46. The maximum absolute atomic E-state index is 10.8. The van der Waals surface area contributed by atoms with Crippen molar-refractivity contribution in [2.75, 3.05) is 13.2 Å². The van der Waals surface area contributed by atoms with Crippen LogP contribution in [-0.2, 0) is 22.3 Å². The molecule has 4 aliphatic rings. The second kappa shape index (κ2) is 23.0. The highest BCUT2D eigenvalue weighted by Crippen LogP contribution is 2.38. The molecule has 9 rings (SSSR count). The van der Waals surface area contributed by atoms with Crippen LogP contribution < -0.4 is 9.47 Å². The van der Waals surface area contributed by atoms with Crippen LogP contribution in [0.1, 0.15) is 99.1 Å². The number of aliphatic hydroxyl groups excluding tert-OH is 8. The minimum atomic E-state index is -1.59. The fourth-order valence-corrected chi connectivity index (χ4v) is 9.96. The molecule has 0 spiro atoms. The van der Waals surface area contributed by atoms with Gasteiger partial charge in [0.15, 0.2) is 0 Å². The predicted molar refractivity (Wildman–Crippen MR) is 274 cm³/mol. The van der Waals surface area contributed by atoms with E-state index in [-0.39, 0.29) is 0 Å². The van der Waals surface area contributed by atoms with Crippen LogP contribution in [-0.4, -0.2) is 135 Å². The van der Waals surface area contributed by atoms with Crippen LogP contribution in [0.25, 0.3) is 68.6 Å². The number of nitrogens with one attached hydrogen (secondary N) is 2. The Hall–Kier alpha value is -5.76. The number of H-pyrrole nitrogens is 2. The van der Waals surface area contributed by atoms with E-state index in [1.165, 1.54) is 0 Å². The highest BCUT2D eigenvalue weighted by atomic mass is 16.7. The molecule has 3 aromatic heterocycles. The third-order valence-corrected chi connectivity index (χ3v) is 14.0. The minimum Gasteiger partial charge on any atom is -0.462 e. The van der Waals surface area contributed by atoms with Gasteiger partial charge in [0.05, 0.1) is 36.0 Å². The van der Waals surface area contributed by atoms with E-state index in [1.54, 1.807) is 12.1 Å².